The standard InChI is InChI=1S/C23H22FNO4.ClH/c1-2-27-23(26)21(24)22(25)16-13-14-19(28-17-9-5-3-6-10-17)20(15-16)29-18-11-7-4-8-12-18;/h3-15,21-22H,2,25H2,1H3;1H/t21?,22-;/m0./s1. The van der Waals surface area contributed by atoms with Crippen LogP contribution in [0.4, 0.5) is 4.39 Å². The Bertz CT molecular complexity index is 940. The van der Waals surface area contributed by atoms with Crippen LogP contribution in [-0.4, -0.2) is 18.7 Å². The first-order chi connectivity index (χ1) is 14.1. The molecule has 1 unspecified atom stereocenters. The Morgan fingerprint density at radius 2 is 1.43 bits per heavy atom. The van der Waals surface area contributed by atoms with Gasteiger partial charge in [0.1, 0.15) is 11.5 Å². The predicted octanol–water partition coefficient (Wildman–Crippen LogP) is 5.59. The summed E-state index contributed by atoms with van der Waals surface area (Å²) >= 11 is 0. The van der Waals surface area contributed by atoms with E-state index in [1.54, 1.807) is 37.3 Å². The monoisotopic (exact) mass is 431 g/mol. The van der Waals surface area contributed by atoms with Crippen LogP contribution in [0.3, 0.4) is 0 Å². The van der Waals surface area contributed by atoms with E-state index in [0.717, 1.165) is 0 Å². The van der Waals surface area contributed by atoms with E-state index in [1.165, 1.54) is 0 Å². The molecular weight excluding hydrogens is 409 g/mol. The number of rotatable bonds is 8. The fraction of sp³-hybridized carbons (Fsp3) is 0.174. The van der Waals surface area contributed by atoms with Crippen LogP contribution in [0.25, 0.3) is 0 Å². The summed E-state index contributed by atoms with van der Waals surface area (Å²) in [6.45, 7) is 1.69. The second kappa shape index (κ2) is 11.2. The van der Waals surface area contributed by atoms with E-state index in [0.29, 0.717) is 28.6 Å². The fourth-order valence-electron chi connectivity index (χ4n) is 2.66. The first-order valence-corrected chi connectivity index (χ1v) is 9.24. The number of ether oxygens (including phenoxy) is 3. The van der Waals surface area contributed by atoms with E-state index in [9.17, 15) is 9.18 Å². The molecule has 0 radical (unpaired) electrons. The van der Waals surface area contributed by atoms with E-state index in [-0.39, 0.29) is 19.0 Å². The number of carbonyl (C=O) groups excluding carboxylic acids is 1. The molecule has 2 atom stereocenters. The van der Waals surface area contributed by atoms with E-state index in [4.69, 9.17) is 19.9 Å². The van der Waals surface area contributed by atoms with Crippen LogP contribution in [0.5, 0.6) is 23.0 Å². The van der Waals surface area contributed by atoms with E-state index < -0.39 is 18.2 Å². The van der Waals surface area contributed by atoms with Crippen LogP contribution in [0.15, 0.2) is 78.9 Å². The Morgan fingerprint density at radius 3 is 1.97 bits per heavy atom. The molecule has 0 aromatic heterocycles. The lowest BCUT2D eigenvalue weighted by Gasteiger charge is -2.18. The van der Waals surface area contributed by atoms with Gasteiger partial charge in [0.25, 0.3) is 0 Å². The lowest BCUT2D eigenvalue weighted by Crippen LogP contribution is -2.31. The second-order valence-electron chi connectivity index (χ2n) is 6.22. The van der Waals surface area contributed by atoms with Gasteiger partial charge < -0.3 is 19.9 Å². The lowest BCUT2D eigenvalue weighted by molar-refractivity contribution is -0.149. The van der Waals surface area contributed by atoms with Gasteiger partial charge in [-0.1, -0.05) is 42.5 Å². The topological polar surface area (TPSA) is 70.8 Å². The summed E-state index contributed by atoms with van der Waals surface area (Å²) in [7, 11) is 0. The first kappa shape index (κ1) is 23.2. The van der Waals surface area contributed by atoms with Crippen molar-refractivity contribution in [1.29, 1.82) is 0 Å². The summed E-state index contributed by atoms with van der Waals surface area (Å²) in [5.41, 5.74) is 6.35. The second-order valence-corrected chi connectivity index (χ2v) is 6.22. The highest BCUT2D eigenvalue weighted by Gasteiger charge is 2.28. The van der Waals surface area contributed by atoms with Crippen LogP contribution >= 0.6 is 12.4 Å². The van der Waals surface area contributed by atoms with Gasteiger partial charge in [0, 0.05) is 0 Å². The number of esters is 1. The SMILES string of the molecule is CCOC(=O)C(F)[C@@H](N)c1ccc(Oc2ccccc2)c(Oc2ccccc2)c1.Cl. The molecule has 3 rings (SSSR count). The Balaban J connectivity index is 0.00000320. The summed E-state index contributed by atoms with van der Waals surface area (Å²) < 4.78 is 31.0. The van der Waals surface area contributed by atoms with Crippen LogP contribution in [0.1, 0.15) is 18.5 Å². The molecule has 0 bridgehead atoms. The maximum atomic E-state index is 14.4. The molecule has 3 aromatic carbocycles. The van der Waals surface area contributed by atoms with Gasteiger partial charge >= 0.3 is 5.97 Å². The zero-order valence-corrected chi connectivity index (χ0v) is 17.2. The van der Waals surface area contributed by atoms with Crippen LogP contribution in [0.2, 0.25) is 0 Å². The summed E-state index contributed by atoms with van der Waals surface area (Å²) in [5.74, 6) is 0.998. The normalized spacial score (nSPS) is 12.2. The summed E-state index contributed by atoms with van der Waals surface area (Å²) in [6, 6.07) is 21.9. The number of halogens is 2. The predicted molar refractivity (Wildman–Crippen MR) is 115 cm³/mol. The van der Waals surface area contributed by atoms with Crippen molar-refractivity contribution in [3.05, 3.63) is 84.4 Å². The Morgan fingerprint density at radius 1 is 0.900 bits per heavy atom. The van der Waals surface area contributed by atoms with Crippen LogP contribution < -0.4 is 15.2 Å². The van der Waals surface area contributed by atoms with Crippen molar-refractivity contribution in [2.75, 3.05) is 6.61 Å². The Labute approximate surface area is 181 Å². The largest absolute Gasteiger partial charge is 0.464 e. The minimum atomic E-state index is -1.99. The third-order valence-electron chi connectivity index (χ3n) is 4.12. The van der Waals surface area contributed by atoms with Crippen LogP contribution in [-0.2, 0) is 9.53 Å². The zero-order chi connectivity index (χ0) is 20.6. The highest BCUT2D eigenvalue weighted by Crippen LogP contribution is 2.37. The number of carbonyl (C=O) groups is 1. The van der Waals surface area contributed by atoms with E-state index in [1.807, 2.05) is 48.5 Å². The lowest BCUT2D eigenvalue weighted by atomic mass is 10.0. The van der Waals surface area contributed by atoms with Gasteiger partial charge in [-0.3, -0.25) is 0 Å². The van der Waals surface area contributed by atoms with Crippen LogP contribution in [0, 0.1) is 0 Å². The molecule has 5 nitrogen and oxygen atoms in total. The maximum absolute atomic E-state index is 14.4. The van der Waals surface area contributed by atoms with Crippen molar-refractivity contribution >= 4 is 18.4 Å². The van der Waals surface area contributed by atoms with Gasteiger partial charge in [-0.25, -0.2) is 9.18 Å². The van der Waals surface area contributed by atoms with Crippen molar-refractivity contribution < 1.29 is 23.4 Å². The molecule has 0 fully saturated rings. The number of alkyl halides is 1. The van der Waals surface area contributed by atoms with Crippen molar-refractivity contribution in [3.63, 3.8) is 0 Å². The molecule has 2 N–H and O–H groups in total. The van der Waals surface area contributed by atoms with Gasteiger partial charge in [0.15, 0.2) is 11.5 Å². The number of para-hydroxylation sites is 2. The summed E-state index contributed by atoms with van der Waals surface area (Å²) in [5, 5.41) is 0. The molecule has 0 heterocycles. The van der Waals surface area contributed by atoms with Crippen molar-refractivity contribution in [3.8, 4) is 23.0 Å². The molecule has 0 aliphatic carbocycles. The molecular formula is C23H23ClFNO4. The molecule has 0 aliphatic heterocycles. The molecule has 0 spiro atoms. The minimum absolute atomic E-state index is 0. The van der Waals surface area contributed by atoms with Crippen molar-refractivity contribution in [1.82, 2.24) is 0 Å². The summed E-state index contributed by atoms with van der Waals surface area (Å²) in [6.07, 6.45) is -1.99. The van der Waals surface area contributed by atoms with Gasteiger partial charge in [0.05, 0.1) is 12.6 Å². The Kier molecular flexibility index (Phi) is 8.65. The highest BCUT2D eigenvalue weighted by molar-refractivity contribution is 5.85. The van der Waals surface area contributed by atoms with Crippen molar-refractivity contribution in [2.45, 2.75) is 19.1 Å². The van der Waals surface area contributed by atoms with Crippen molar-refractivity contribution in [2.24, 2.45) is 5.73 Å². The quantitative estimate of drug-likeness (QED) is 0.470. The van der Waals surface area contributed by atoms with E-state index >= 15 is 0 Å². The number of hydrogen-bond acceptors (Lipinski definition) is 5. The molecule has 30 heavy (non-hydrogen) atoms. The first-order valence-electron chi connectivity index (χ1n) is 9.24. The molecule has 7 heteroatoms. The minimum Gasteiger partial charge on any atom is -0.464 e. The highest BCUT2D eigenvalue weighted by atomic mass is 35.5. The molecule has 158 valence electrons. The Hall–Kier alpha value is -3.09. The fourth-order valence-corrected chi connectivity index (χ4v) is 2.66. The third-order valence-corrected chi connectivity index (χ3v) is 4.12. The van der Waals surface area contributed by atoms with Gasteiger partial charge in [0.2, 0.25) is 6.17 Å². The summed E-state index contributed by atoms with van der Waals surface area (Å²) in [4.78, 5) is 11.7. The molecule has 0 aliphatic rings. The molecule has 0 amide bonds. The molecule has 3 aromatic rings. The molecule has 0 saturated carbocycles. The average Bonchev–Trinajstić information content (AvgIpc) is 2.75. The third kappa shape index (κ3) is 5.95. The number of benzene rings is 3. The zero-order valence-electron chi connectivity index (χ0n) is 16.4. The maximum Gasteiger partial charge on any atom is 0.342 e. The van der Waals surface area contributed by atoms with E-state index in [2.05, 4.69) is 0 Å². The number of nitrogens with two attached hydrogens (primary N) is 1. The van der Waals surface area contributed by atoms with Gasteiger partial charge in [-0.05, 0) is 48.9 Å². The molecule has 0 saturated heterocycles. The van der Waals surface area contributed by atoms with Gasteiger partial charge in [-0.2, -0.15) is 0 Å². The van der Waals surface area contributed by atoms with Gasteiger partial charge in [-0.15, -0.1) is 12.4 Å². The smallest absolute Gasteiger partial charge is 0.342 e. The number of hydrogen-bond donors (Lipinski definition) is 1. The average molecular weight is 432 g/mol.